The van der Waals surface area contributed by atoms with Gasteiger partial charge in [-0.15, -0.1) is 0 Å². The van der Waals surface area contributed by atoms with Gasteiger partial charge >= 0.3 is 0 Å². The van der Waals surface area contributed by atoms with Gasteiger partial charge in [0.1, 0.15) is 11.0 Å². The first kappa shape index (κ1) is 8.43. The Morgan fingerprint density at radius 3 is 2.82 bits per heavy atom. The molecular weight excluding hydrogens is 167 g/mol. The molecule has 2 N–H and O–H groups in total. The Kier molecular flexibility index (Phi) is 2.42. The summed E-state index contributed by atoms with van der Waals surface area (Å²) in [6.45, 7) is 1.69. The third kappa shape index (κ3) is 1.88. The van der Waals surface area contributed by atoms with Crippen LogP contribution in [-0.2, 0) is 0 Å². The molecule has 0 saturated carbocycles. The third-order valence-electron chi connectivity index (χ3n) is 1.34. The number of nitrogens with two attached hydrogens (primary N) is 1. The standard InChI is InChI=1S/C7H8ClFN2/c1-4(10)5-2-7(8)11-3-6(5)9/h2-4H,10H2,1H3. The summed E-state index contributed by atoms with van der Waals surface area (Å²) >= 11 is 5.53. The molecule has 4 heteroatoms. The first-order chi connectivity index (χ1) is 5.11. The molecule has 0 spiro atoms. The molecule has 0 fully saturated rings. The van der Waals surface area contributed by atoms with E-state index in [2.05, 4.69) is 4.98 Å². The summed E-state index contributed by atoms with van der Waals surface area (Å²) in [6, 6.07) is 1.08. The molecule has 0 aromatic carbocycles. The molecule has 1 rings (SSSR count). The molecule has 0 aliphatic heterocycles. The molecule has 60 valence electrons. The number of aromatic nitrogens is 1. The van der Waals surface area contributed by atoms with Crippen LogP contribution in [0.4, 0.5) is 4.39 Å². The maximum atomic E-state index is 12.8. The van der Waals surface area contributed by atoms with Gasteiger partial charge in [-0.3, -0.25) is 0 Å². The molecule has 2 nitrogen and oxygen atoms in total. The Balaban J connectivity index is 3.13. The van der Waals surface area contributed by atoms with Crippen molar-refractivity contribution in [3.05, 3.63) is 28.8 Å². The van der Waals surface area contributed by atoms with Crippen molar-refractivity contribution in [2.45, 2.75) is 13.0 Å². The van der Waals surface area contributed by atoms with E-state index in [4.69, 9.17) is 17.3 Å². The summed E-state index contributed by atoms with van der Waals surface area (Å²) in [5.74, 6) is -0.413. The van der Waals surface area contributed by atoms with Gasteiger partial charge in [0, 0.05) is 11.6 Å². The predicted octanol–water partition coefficient (Wildman–Crippen LogP) is 1.89. The molecule has 0 radical (unpaired) electrons. The highest BCUT2D eigenvalue weighted by atomic mass is 35.5. The minimum absolute atomic E-state index is 0.263. The number of rotatable bonds is 1. The van der Waals surface area contributed by atoms with Crippen LogP contribution in [0.15, 0.2) is 12.3 Å². The molecule has 1 unspecified atom stereocenters. The molecule has 0 aliphatic rings. The zero-order chi connectivity index (χ0) is 8.43. The summed E-state index contributed by atoms with van der Waals surface area (Å²) in [6.07, 6.45) is 1.07. The molecule has 1 aromatic heterocycles. The fourth-order valence-corrected chi connectivity index (χ4v) is 0.943. The van der Waals surface area contributed by atoms with Crippen molar-refractivity contribution in [1.82, 2.24) is 4.98 Å². The monoisotopic (exact) mass is 174 g/mol. The van der Waals surface area contributed by atoms with Crippen LogP contribution in [0, 0.1) is 5.82 Å². The lowest BCUT2D eigenvalue weighted by Gasteiger charge is -2.05. The highest BCUT2D eigenvalue weighted by molar-refractivity contribution is 6.29. The van der Waals surface area contributed by atoms with Crippen LogP contribution in [0.3, 0.4) is 0 Å². The van der Waals surface area contributed by atoms with Gasteiger partial charge in [0.25, 0.3) is 0 Å². The maximum Gasteiger partial charge on any atom is 0.146 e. The average molecular weight is 175 g/mol. The van der Waals surface area contributed by atoms with Crippen molar-refractivity contribution in [2.75, 3.05) is 0 Å². The summed E-state index contributed by atoms with van der Waals surface area (Å²) < 4.78 is 12.8. The van der Waals surface area contributed by atoms with E-state index in [1.54, 1.807) is 6.92 Å². The van der Waals surface area contributed by atoms with Crippen molar-refractivity contribution < 1.29 is 4.39 Å². The molecule has 1 aromatic rings. The molecule has 1 heterocycles. The van der Waals surface area contributed by atoms with Crippen LogP contribution >= 0.6 is 11.6 Å². The molecule has 0 saturated heterocycles. The van der Waals surface area contributed by atoms with E-state index in [1.807, 2.05) is 0 Å². The van der Waals surface area contributed by atoms with Crippen LogP contribution in [0.5, 0.6) is 0 Å². The Morgan fingerprint density at radius 1 is 1.73 bits per heavy atom. The maximum absolute atomic E-state index is 12.8. The van der Waals surface area contributed by atoms with Gasteiger partial charge in [-0.2, -0.15) is 0 Å². The van der Waals surface area contributed by atoms with Crippen LogP contribution in [0.1, 0.15) is 18.5 Å². The minimum atomic E-state index is -0.413. The van der Waals surface area contributed by atoms with Crippen LogP contribution in [0.25, 0.3) is 0 Å². The quantitative estimate of drug-likeness (QED) is 0.661. The molecule has 1 atom stereocenters. The van der Waals surface area contributed by atoms with E-state index in [1.165, 1.54) is 6.07 Å². The molecular formula is C7H8ClFN2. The number of hydrogen-bond acceptors (Lipinski definition) is 2. The summed E-state index contributed by atoms with van der Waals surface area (Å²) in [7, 11) is 0. The summed E-state index contributed by atoms with van der Waals surface area (Å²) in [5.41, 5.74) is 5.85. The highest BCUT2D eigenvalue weighted by Gasteiger charge is 2.07. The Bertz CT molecular complexity index is 263. The number of hydrogen-bond donors (Lipinski definition) is 1. The van der Waals surface area contributed by atoms with Gasteiger partial charge < -0.3 is 5.73 Å². The van der Waals surface area contributed by atoms with E-state index in [-0.39, 0.29) is 11.2 Å². The third-order valence-corrected chi connectivity index (χ3v) is 1.55. The minimum Gasteiger partial charge on any atom is -0.324 e. The Labute approximate surface area is 69.2 Å². The molecule has 0 bridgehead atoms. The van der Waals surface area contributed by atoms with E-state index < -0.39 is 5.82 Å². The zero-order valence-electron chi connectivity index (χ0n) is 6.01. The normalized spacial score (nSPS) is 13.1. The van der Waals surface area contributed by atoms with E-state index >= 15 is 0 Å². The first-order valence-corrected chi connectivity index (χ1v) is 3.55. The van der Waals surface area contributed by atoms with Crippen molar-refractivity contribution in [2.24, 2.45) is 5.73 Å². The van der Waals surface area contributed by atoms with Crippen LogP contribution in [-0.4, -0.2) is 4.98 Å². The number of nitrogens with zero attached hydrogens (tertiary/aromatic N) is 1. The van der Waals surface area contributed by atoms with Gasteiger partial charge in [0.2, 0.25) is 0 Å². The fourth-order valence-electron chi connectivity index (χ4n) is 0.776. The van der Waals surface area contributed by atoms with Gasteiger partial charge in [-0.1, -0.05) is 11.6 Å². The van der Waals surface area contributed by atoms with Gasteiger partial charge in [0.15, 0.2) is 0 Å². The molecule has 0 aliphatic carbocycles. The van der Waals surface area contributed by atoms with Crippen LogP contribution in [0.2, 0.25) is 5.15 Å². The predicted molar refractivity (Wildman–Crippen MR) is 41.8 cm³/mol. The lowest BCUT2D eigenvalue weighted by Crippen LogP contribution is -2.07. The van der Waals surface area contributed by atoms with E-state index in [0.717, 1.165) is 6.20 Å². The second kappa shape index (κ2) is 3.15. The fraction of sp³-hybridized carbons (Fsp3) is 0.286. The topological polar surface area (TPSA) is 38.9 Å². The number of halogens is 2. The Morgan fingerprint density at radius 2 is 2.36 bits per heavy atom. The van der Waals surface area contributed by atoms with Crippen molar-refractivity contribution in [3.8, 4) is 0 Å². The molecule has 11 heavy (non-hydrogen) atoms. The SMILES string of the molecule is CC(N)c1cc(Cl)ncc1F. The second-order valence-corrected chi connectivity index (χ2v) is 2.70. The van der Waals surface area contributed by atoms with Crippen molar-refractivity contribution in [3.63, 3.8) is 0 Å². The Hall–Kier alpha value is -0.670. The molecule has 0 amide bonds. The smallest absolute Gasteiger partial charge is 0.146 e. The summed E-state index contributed by atoms with van der Waals surface area (Å²) in [4.78, 5) is 3.56. The van der Waals surface area contributed by atoms with E-state index in [9.17, 15) is 4.39 Å². The zero-order valence-corrected chi connectivity index (χ0v) is 6.77. The lowest BCUT2D eigenvalue weighted by molar-refractivity contribution is 0.587. The first-order valence-electron chi connectivity index (χ1n) is 3.18. The lowest BCUT2D eigenvalue weighted by atomic mass is 10.1. The average Bonchev–Trinajstić information content (AvgIpc) is 1.94. The highest BCUT2D eigenvalue weighted by Crippen LogP contribution is 2.16. The van der Waals surface area contributed by atoms with Gasteiger partial charge in [0.05, 0.1) is 6.20 Å². The summed E-state index contributed by atoms with van der Waals surface area (Å²) in [5, 5.41) is 0.263. The van der Waals surface area contributed by atoms with Crippen molar-refractivity contribution in [1.29, 1.82) is 0 Å². The second-order valence-electron chi connectivity index (χ2n) is 2.32. The largest absolute Gasteiger partial charge is 0.324 e. The van der Waals surface area contributed by atoms with Gasteiger partial charge in [-0.25, -0.2) is 9.37 Å². The number of pyridine rings is 1. The van der Waals surface area contributed by atoms with E-state index in [0.29, 0.717) is 5.56 Å². The van der Waals surface area contributed by atoms with Gasteiger partial charge in [-0.05, 0) is 13.0 Å². The van der Waals surface area contributed by atoms with Crippen LogP contribution < -0.4 is 5.73 Å². The van der Waals surface area contributed by atoms with Crippen molar-refractivity contribution >= 4 is 11.6 Å².